The van der Waals surface area contributed by atoms with E-state index < -0.39 is 0 Å². The van der Waals surface area contributed by atoms with Gasteiger partial charge in [-0.15, -0.1) is 0 Å². The number of hydrogen-bond acceptors (Lipinski definition) is 4. The Hall–Kier alpha value is -3.35. The molecule has 1 aliphatic rings. The summed E-state index contributed by atoms with van der Waals surface area (Å²) in [6.45, 7) is 2.30. The third kappa shape index (κ3) is 4.47. The van der Waals surface area contributed by atoms with E-state index in [1.807, 2.05) is 24.3 Å². The number of rotatable bonds is 8. The molecule has 0 bridgehead atoms. The molecule has 32 heavy (non-hydrogen) atoms. The summed E-state index contributed by atoms with van der Waals surface area (Å²) in [6.07, 6.45) is 2.22. The molecule has 0 radical (unpaired) electrons. The second kappa shape index (κ2) is 9.02. The van der Waals surface area contributed by atoms with Crippen LogP contribution in [-0.4, -0.2) is 34.8 Å². The SMILES string of the molecule is COc1ccc(CN(Cc2cccc(F)c2C)C(=O)c2cc(C3CC3)nn2C)c(OC)c1. The minimum absolute atomic E-state index is 0.159. The van der Waals surface area contributed by atoms with Crippen molar-refractivity contribution >= 4 is 5.91 Å². The van der Waals surface area contributed by atoms with Crippen molar-refractivity contribution in [3.63, 3.8) is 0 Å². The number of aromatic nitrogens is 2. The van der Waals surface area contributed by atoms with Crippen molar-refractivity contribution in [1.29, 1.82) is 0 Å². The van der Waals surface area contributed by atoms with Crippen LogP contribution in [0.1, 0.15) is 51.6 Å². The molecule has 2 aromatic carbocycles. The zero-order chi connectivity index (χ0) is 22.8. The third-order valence-electron chi connectivity index (χ3n) is 6.00. The molecule has 1 aromatic heterocycles. The number of ether oxygens (including phenoxy) is 2. The molecule has 0 unspecified atom stereocenters. The Morgan fingerprint density at radius 1 is 1.12 bits per heavy atom. The van der Waals surface area contributed by atoms with Crippen LogP contribution >= 0.6 is 0 Å². The minimum Gasteiger partial charge on any atom is -0.497 e. The molecule has 3 aromatic rings. The fourth-order valence-corrected chi connectivity index (χ4v) is 3.85. The van der Waals surface area contributed by atoms with Gasteiger partial charge in [-0.25, -0.2) is 4.39 Å². The van der Waals surface area contributed by atoms with Gasteiger partial charge in [0, 0.05) is 31.1 Å². The van der Waals surface area contributed by atoms with Crippen molar-refractivity contribution in [2.75, 3.05) is 14.2 Å². The molecule has 7 heteroatoms. The Labute approximate surface area is 187 Å². The Morgan fingerprint density at radius 2 is 1.88 bits per heavy atom. The molecule has 0 aliphatic heterocycles. The summed E-state index contributed by atoms with van der Waals surface area (Å²) in [5.74, 6) is 1.30. The number of carbonyl (C=O) groups excluding carboxylic acids is 1. The van der Waals surface area contributed by atoms with Gasteiger partial charge in [-0.3, -0.25) is 9.48 Å². The molecule has 0 saturated heterocycles. The van der Waals surface area contributed by atoms with Crippen LogP contribution in [0, 0.1) is 12.7 Å². The molecule has 6 nitrogen and oxygen atoms in total. The van der Waals surface area contributed by atoms with Gasteiger partial charge in [-0.05, 0) is 55.2 Å². The van der Waals surface area contributed by atoms with Crippen LogP contribution in [0.3, 0.4) is 0 Å². The molecule has 0 spiro atoms. The van der Waals surface area contributed by atoms with Gasteiger partial charge < -0.3 is 14.4 Å². The topological polar surface area (TPSA) is 56.6 Å². The number of methoxy groups -OCH3 is 2. The highest BCUT2D eigenvalue weighted by atomic mass is 19.1. The van der Waals surface area contributed by atoms with Crippen molar-refractivity contribution in [3.8, 4) is 11.5 Å². The Balaban J connectivity index is 1.69. The van der Waals surface area contributed by atoms with Crippen LogP contribution in [-0.2, 0) is 20.1 Å². The van der Waals surface area contributed by atoms with Gasteiger partial charge in [0.15, 0.2) is 0 Å². The Bertz CT molecular complexity index is 1140. The second-order valence-corrected chi connectivity index (χ2v) is 8.22. The highest BCUT2D eigenvalue weighted by Gasteiger charge is 2.29. The number of nitrogens with zero attached hydrogens (tertiary/aromatic N) is 3. The van der Waals surface area contributed by atoms with Crippen LogP contribution < -0.4 is 9.47 Å². The number of carbonyl (C=O) groups is 1. The lowest BCUT2D eigenvalue weighted by molar-refractivity contribution is 0.0717. The first-order valence-corrected chi connectivity index (χ1v) is 10.7. The Kier molecular flexibility index (Phi) is 6.17. The smallest absolute Gasteiger partial charge is 0.272 e. The van der Waals surface area contributed by atoms with E-state index >= 15 is 0 Å². The van der Waals surface area contributed by atoms with E-state index in [-0.39, 0.29) is 18.3 Å². The number of amides is 1. The standard InChI is InChI=1S/C25H28FN3O3/c1-16-18(6-5-7-21(16)26)14-29(15-19-10-11-20(31-3)12-24(19)32-4)25(30)23-13-22(17-8-9-17)27-28(23)2/h5-7,10-13,17H,8-9,14-15H2,1-4H3. The maximum absolute atomic E-state index is 14.2. The average Bonchev–Trinajstić information content (AvgIpc) is 3.57. The van der Waals surface area contributed by atoms with E-state index in [2.05, 4.69) is 5.10 Å². The molecular formula is C25H28FN3O3. The van der Waals surface area contributed by atoms with Crippen molar-refractivity contribution < 1.29 is 18.7 Å². The lowest BCUT2D eigenvalue weighted by Gasteiger charge is -2.25. The first kappa shape index (κ1) is 21.9. The van der Waals surface area contributed by atoms with Gasteiger partial charge in [0.05, 0.1) is 26.5 Å². The predicted octanol–water partition coefficient (Wildman–Crippen LogP) is 4.60. The van der Waals surface area contributed by atoms with E-state index in [1.54, 1.807) is 49.9 Å². The van der Waals surface area contributed by atoms with Gasteiger partial charge in [0.2, 0.25) is 0 Å². The van der Waals surface area contributed by atoms with E-state index in [0.717, 1.165) is 29.7 Å². The van der Waals surface area contributed by atoms with Gasteiger partial charge in [0.1, 0.15) is 23.0 Å². The molecule has 168 valence electrons. The number of aryl methyl sites for hydroxylation is 1. The summed E-state index contributed by atoms with van der Waals surface area (Å²) in [6, 6.07) is 12.3. The molecule has 4 rings (SSSR count). The van der Waals surface area contributed by atoms with Crippen LogP contribution in [0.5, 0.6) is 11.5 Å². The lowest BCUT2D eigenvalue weighted by atomic mass is 10.1. The Morgan fingerprint density at radius 3 is 2.56 bits per heavy atom. The summed E-state index contributed by atoms with van der Waals surface area (Å²) in [5.41, 5.74) is 3.61. The first-order valence-electron chi connectivity index (χ1n) is 10.7. The molecule has 1 heterocycles. The van der Waals surface area contributed by atoms with Crippen molar-refractivity contribution in [2.24, 2.45) is 7.05 Å². The summed E-state index contributed by atoms with van der Waals surface area (Å²) >= 11 is 0. The average molecular weight is 438 g/mol. The molecule has 1 saturated carbocycles. The van der Waals surface area contributed by atoms with Gasteiger partial charge >= 0.3 is 0 Å². The fourth-order valence-electron chi connectivity index (χ4n) is 3.85. The second-order valence-electron chi connectivity index (χ2n) is 8.22. The molecule has 1 aliphatic carbocycles. The van der Waals surface area contributed by atoms with Crippen LogP contribution in [0.25, 0.3) is 0 Å². The first-order chi connectivity index (χ1) is 15.4. The summed E-state index contributed by atoms with van der Waals surface area (Å²) < 4.78 is 26.7. The highest BCUT2D eigenvalue weighted by molar-refractivity contribution is 5.92. The third-order valence-corrected chi connectivity index (χ3v) is 6.00. The zero-order valence-electron chi connectivity index (χ0n) is 18.9. The van der Waals surface area contributed by atoms with Crippen LogP contribution in [0.2, 0.25) is 0 Å². The lowest BCUT2D eigenvalue weighted by Crippen LogP contribution is -2.32. The monoisotopic (exact) mass is 437 g/mol. The van der Waals surface area contributed by atoms with E-state index in [9.17, 15) is 9.18 Å². The van der Waals surface area contributed by atoms with Gasteiger partial charge in [-0.1, -0.05) is 12.1 Å². The van der Waals surface area contributed by atoms with E-state index in [4.69, 9.17) is 9.47 Å². The van der Waals surface area contributed by atoms with Crippen molar-refractivity contribution in [1.82, 2.24) is 14.7 Å². The summed E-state index contributed by atoms with van der Waals surface area (Å²) in [4.78, 5) is 15.4. The predicted molar refractivity (Wildman–Crippen MR) is 119 cm³/mol. The number of benzene rings is 2. The summed E-state index contributed by atoms with van der Waals surface area (Å²) in [5, 5.41) is 4.55. The quantitative estimate of drug-likeness (QED) is 0.517. The van der Waals surface area contributed by atoms with Crippen LogP contribution in [0.15, 0.2) is 42.5 Å². The molecule has 0 N–H and O–H groups in total. The fraction of sp³-hybridized carbons (Fsp3) is 0.360. The molecule has 0 atom stereocenters. The molecule has 1 amide bonds. The zero-order valence-corrected chi connectivity index (χ0v) is 18.9. The van der Waals surface area contributed by atoms with Crippen LogP contribution in [0.4, 0.5) is 4.39 Å². The van der Waals surface area contributed by atoms with Gasteiger partial charge in [0.25, 0.3) is 5.91 Å². The normalized spacial score (nSPS) is 13.2. The number of hydrogen-bond donors (Lipinski definition) is 0. The molecular weight excluding hydrogens is 409 g/mol. The maximum atomic E-state index is 14.2. The minimum atomic E-state index is -0.284. The molecule has 1 fully saturated rings. The maximum Gasteiger partial charge on any atom is 0.272 e. The number of halogens is 1. The highest BCUT2D eigenvalue weighted by Crippen LogP contribution is 2.39. The van der Waals surface area contributed by atoms with E-state index in [1.165, 1.54) is 6.07 Å². The largest absolute Gasteiger partial charge is 0.497 e. The van der Waals surface area contributed by atoms with Crippen molar-refractivity contribution in [3.05, 3.63) is 76.4 Å². The van der Waals surface area contributed by atoms with Crippen molar-refractivity contribution in [2.45, 2.75) is 38.8 Å². The van der Waals surface area contributed by atoms with Gasteiger partial charge in [-0.2, -0.15) is 5.10 Å². The summed E-state index contributed by atoms with van der Waals surface area (Å²) in [7, 11) is 4.97. The van der Waals surface area contributed by atoms with E-state index in [0.29, 0.717) is 35.2 Å².